The van der Waals surface area contributed by atoms with Crippen LogP contribution in [-0.2, 0) is 0 Å². The molecule has 0 fully saturated rings. The molecule has 2 N–H and O–H groups in total. The molecular weight excluding hydrogens is 374 g/mol. The first-order valence-corrected chi connectivity index (χ1v) is 8.31. The molecule has 0 aliphatic carbocycles. The van der Waals surface area contributed by atoms with Crippen molar-refractivity contribution >= 4 is 29.3 Å². The number of nitro benzene ring substituents is 1. The zero-order chi connectivity index (χ0) is 19.3. The Labute approximate surface area is 154 Å². The van der Waals surface area contributed by atoms with Crippen LogP contribution >= 0.6 is 11.3 Å². The number of non-ortho nitro benzene ring substituents is 1. The summed E-state index contributed by atoms with van der Waals surface area (Å²) in [7, 11) is 1.57. The first-order valence-electron chi connectivity index (χ1n) is 7.49. The Balaban J connectivity index is 1.82. The standard InChI is InChI=1S/C16H11N5O5S/c1-7-14(11-3-4-12(26-2)27-11)18-20-16(7)17-15(19-20)13-9(22)5-8(21(24)25)6-10(13)23/h3-6,22-23H,1H2,2H3. The third-order valence-electron chi connectivity index (χ3n) is 3.87. The molecule has 11 heteroatoms. The molecule has 4 rings (SSSR count). The van der Waals surface area contributed by atoms with Crippen molar-refractivity contribution in [2.75, 3.05) is 7.11 Å². The van der Waals surface area contributed by atoms with Crippen molar-refractivity contribution in [2.24, 2.45) is 0 Å². The van der Waals surface area contributed by atoms with Gasteiger partial charge >= 0.3 is 0 Å². The van der Waals surface area contributed by atoms with E-state index in [9.17, 15) is 20.3 Å². The van der Waals surface area contributed by atoms with Gasteiger partial charge in [0.2, 0.25) is 0 Å². The molecule has 0 saturated carbocycles. The number of nitrogens with zero attached hydrogens (tertiary/aromatic N) is 5. The third-order valence-corrected chi connectivity index (χ3v) is 4.93. The Morgan fingerprint density at radius 1 is 1.26 bits per heavy atom. The second-order valence-electron chi connectivity index (χ2n) is 5.51. The molecule has 3 aromatic heterocycles. The van der Waals surface area contributed by atoms with E-state index >= 15 is 0 Å². The highest BCUT2D eigenvalue weighted by Gasteiger charge is 2.22. The van der Waals surface area contributed by atoms with Crippen molar-refractivity contribution in [2.45, 2.75) is 0 Å². The average molecular weight is 385 g/mol. The molecule has 136 valence electrons. The summed E-state index contributed by atoms with van der Waals surface area (Å²) in [6.07, 6.45) is 0. The lowest BCUT2D eigenvalue weighted by molar-refractivity contribution is -0.385. The van der Waals surface area contributed by atoms with E-state index in [0.717, 1.165) is 22.1 Å². The molecule has 1 aromatic carbocycles. The number of aromatic hydroxyl groups is 2. The zero-order valence-corrected chi connectivity index (χ0v) is 14.6. The van der Waals surface area contributed by atoms with Crippen LogP contribution in [0.2, 0.25) is 0 Å². The number of ether oxygens (including phenoxy) is 1. The Morgan fingerprint density at radius 3 is 2.52 bits per heavy atom. The summed E-state index contributed by atoms with van der Waals surface area (Å²) in [5.41, 5.74) is 0.355. The number of rotatable bonds is 4. The van der Waals surface area contributed by atoms with E-state index in [4.69, 9.17) is 4.74 Å². The fourth-order valence-corrected chi connectivity index (χ4v) is 3.45. The number of benzene rings is 1. The number of thiophene rings is 1. The van der Waals surface area contributed by atoms with Gasteiger partial charge in [-0.1, -0.05) is 17.9 Å². The van der Waals surface area contributed by atoms with Gasteiger partial charge in [0.1, 0.15) is 22.8 Å². The molecular formula is C16H11N5O5S. The highest BCUT2D eigenvalue weighted by Crippen LogP contribution is 2.39. The fraction of sp³-hybridized carbons (Fsp3) is 0.0625. The SMILES string of the molecule is C=c1c(-c2ccc(OC)s2)nn2nc(-c3c(O)cc([N+](=O)[O-])cc3O)nc12. The number of phenols is 2. The van der Waals surface area contributed by atoms with Crippen LogP contribution in [0.4, 0.5) is 5.69 Å². The van der Waals surface area contributed by atoms with Gasteiger partial charge in [0, 0.05) is 5.22 Å². The highest BCUT2D eigenvalue weighted by atomic mass is 32.1. The molecule has 27 heavy (non-hydrogen) atoms. The maximum atomic E-state index is 10.8. The van der Waals surface area contributed by atoms with Gasteiger partial charge < -0.3 is 14.9 Å². The second-order valence-corrected chi connectivity index (χ2v) is 6.56. The lowest BCUT2D eigenvalue weighted by Gasteiger charge is -2.03. The zero-order valence-electron chi connectivity index (χ0n) is 13.8. The number of fused-ring (bicyclic) bond motifs is 1. The maximum Gasteiger partial charge on any atom is 0.276 e. The van der Waals surface area contributed by atoms with E-state index in [0.29, 0.717) is 16.6 Å². The lowest BCUT2D eigenvalue weighted by atomic mass is 10.1. The number of nitro groups is 1. The van der Waals surface area contributed by atoms with Crippen LogP contribution in [0.15, 0.2) is 24.3 Å². The van der Waals surface area contributed by atoms with Gasteiger partial charge in [0.25, 0.3) is 5.69 Å². The van der Waals surface area contributed by atoms with Gasteiger partial charge in [-0.15, -0.1) is 14.8 Å². The average Bonchev–Trinajstić information content (AvgIpc) is 3.30. The van der Waals surface area contributed by atoms with E-state index in [2.05, 4.69) is 21.8 Å². The van der Waals surface area contributed by atoms with Crippen molar-refractivity contribution < 1.29 is 19.9 Å². The predicted octanol–water partition coefficient (Wildman–Crippen LogP) is 1.98. The summed E-state index contributed by atoms with van der Waals surface area (Å²) in [6, 6.07) is 5.49. The minimum Gasteiger partial charge on any atom is -0.507 e. The number of hydrogen-bond donors (Lipinski definition) is 2. The number of hydrogen-bond acceptors (Lipinski definition) is 9. The van der Waals surface area contributed by atoms with Crippen LogP contribution in [0, 0.1) is 10.1 Å². The Morgan fingerprint density at radius 2 is 1.96 bits per heavy atom. The molecule has 4 aromatic rings. The summed E-state index contributed by atoms with van der Waals surface area (Å²) in [5.74, 6) is -1.05. The van der Waals surface area contributed by atoms with Crippen LogP contribution in [-0.4, -0.2) is 42.1 Å². The molecule has 0 bridgehead atoms. The Kier molecular flexibility index (Phi) is 3.66. The normalized spacial score (nSPS) is 11.1. The summed E-state index contributed by atoms with van der Waals surface area (Å²) in [4.78, 5) is 15.2. The molecule has 10 nitrogen and oxygen atoms in total. The first-order chi connectivity index (χ1) is 12.9. The van der Waals surface area contributed by atoms with E-state index in [-0.39, 0.29) is 11.4 Å². The monoisotopic (exact) mass is 385 g/mol. The quantitative estimate of drug-likeness (QED) is 0.402. The van der Waals surface area contributed by atoms with Crippen molar-refractivity contribution in [1.82, 2.24) is 19.8 Å². The van der Waals surface area contributed by atoms with Crippen molar-refractivity contribution in [3.63, 3.8) is 0 Å². The highest BCUT2D eigenvalue weighted by molar-refractivity contribution is 7.17. The third kappa shape index (κ3) is 2.60. The van der Waals surface area contributed by atoms with Gasteiger partial charge in [0.15, 0.2) is 16.5 Å². The molecule has 0 unspecified atom stereocenters. The number of aromatic nitrogens is 4. The fourth-order valence-electron chi connectivity index (χ4n) is 2.62. The van der Waals surface area contributed by atoms with Crippen LogP contribution in [0.5, 0.6) is 16.6 Å². The van der Waals surface area contributed by atoms with Gasteiger partial charge in [-0.25, -0.2) is 4.98 Å². The Hall–Kier alpha value is -3.73. The molecule has 0 spiro atoms. The largest absolute Gasteiger partial charge is 0.507 e. The number of phenolic OH excluding ortho intramolecular Hbond substituents is 2. The topological polar surface area (TPSA) is 136 Å². The van der Waals surface area contributed by atoms with E-state index in [1.54, 1.807) is 7.11 Å². The van der Waals surface area contributed by atoms with Crippen molar-refractivity contribution in [1.29, 1.82) is 0 Å². The van der Waals surface area contributed by atoms with Crippen LogP contribution < -0.4 is 9.96 Å². The van der Waals surface area contributed by atoms with Crippen LogP contribution in [0.3, 0.4) is 0 Å². The maximum absolute atomic E-state index is 10.8. The minimum absolute atomic E-state index is 0.0254. The van der Waals surface area contributed by atoms with E-state index < -0.39 is 22.1 Å². The van der Waals surface area contributed by atoms with Crippen molar-refractivity contribution in [3.8, 4) is 38.5 Å². The first kappa shape index (κ1) is 16.7. The van der Waals surface area contributed by atoms with Gasteiger partial charge in [0.05, 0.1) is 29.0 Å². The smallest absolute Gasteiger partial charge is 0.276 e. The van der Waals surface area contributed by atoms with E-state index in [1.165, 1.54) is 16.0 Å². The summed E-state index contributed by atoms with van der Waals surface area (Å²) >= 11 is 1.39. The number of methoxy groups -OCH3 is 1. The molecule has 0 aliphatic heterocycles. The second kappa shape index (κ2) is 5.92. The summed E-state index contributed by atoms with van der Waals surface area (Å²) in [5, 5.41) is 40.7. The molecule has 0 aliphatic rings. The molecule has 0 saturated heterocycles. The molecule has 0 atom stereocenters. The van der Waals surface area contributed by atoms with Gasteiger partial charge in [-0.2, -0.15) is 0 Å². The molecule has 3 heterocycles. The minimum atomic E-state index is -0.725. The summed E-state index contributed by atoms with van der Waals surface area (Å²) < 4.78 is 6.41. The van der Waals surface area contributed by atoms with Crippen molar-refractivity contribution in [3.05, 3.63) is 39.6 Å². The lowest BCUT2D eigenvalue weighted by Crippen LogP contribution is -1.99. The van der Waals surface area contributed by atoms with E-state index in [1.807, 2.05) is 12.1 Å². The summed E-state index contributed by atoms with van der Waals surface area (Å²) in [6.45, 7) is 3.98. The van der Waals surface area contributed by atoms with Crippen LogP contribution in [0.1, 0.15) is 0 Å². The van der Waals surface area contributed by atoms with Gasteiger partial charge in [-0.05, 0) is 12.1 Å². The molecule has 0 amide bonds. The Bertz CT molecular complexity index is 1220. The van der Waals surface area contributed by atoms with Gasteiger partial charge in [-0.3, -0.25) is 10.1 Å². The molecule has 0 radical (unpaired) electrons. The predicted molar refractivity (Wildman–Crippen MR) is 96.8 cm³/mol. The van der Waals surface area contributed by atoms with Crippen LogP contribution in [0.25, 0.3) is 34.2 Å².